The number of aliphatic hydroxyl groups excluding tert-OH is 1. The third-order valence-corrected chi connectivity index (χ3v) is 7.27. The lowest BCUT2D eigenvalue weighted by atomic mass is 9.70. The molecular weight excluding hydrogens is 372 g/mol. The van der Waals surface area contributed by atoms with Crippen LogP contribution in [0.3, 0.4) is 0 Å². The second-order valence-corrected chi connectivity index (χ2v) is 8.58. The lowest BCUT2D eigenvalue weighted by Gasteiger charge is -2.60. The highest BCUT2D eigenvalue weighted by molar-refractivity contribution is 5.83. The summed E-state index contributed by atoms with van der Waals surface area (Å²) in [6, 6.07) is 8.58. The van der Waals surface area contributed by atoms with Gasteiger partial charge >= 0.3 is 0 Å². The number of hydrogen-bond donors (Lipinski definition) is 1. The molecule has 5 rings (SSSR count). The highest BCUT2D eigenvalue weighted by Crippen LogP contribution is 2.48. The van der Waals surface area contributed by atoms with Crippen molar-refractivity contribution >= 4 is 10.9 Å². The smallest absolute Gasteiger partial charge is 0.131 e. The number of halogens is 1. The maximum absolute atomic E-state index is 11.6. The number of aromatic nitrogens is 1. The lowest BCUT2D eigenvalue weighted by Crippen LogP contribution is -3.00. The van der Waals surface area contributed by atoms with Gasteiger partial charge < -0.3 is 26.7 Å². The molecular formula is C23H31ClN2O2. The molecule has 2 aromatic rings. The van der Waals surface area contributed by atoms with Crippen LogP contribution in [-0.4, -0.2) is 46.9 Å². The second-order valence-electron chi connectivity index (χ2n) is 8.58. The molecule has 152 valence electrons. The molecule has 3 saturated heterocycles. The molecule has 4 heterocycles. The number of pyridine rings is 1. The summed E-state index contributed by atoms with van der Waals surface area (Å²) in [6.07, 6.45) is 5.76. The van der Waals surface area contributed by atoms with Crippen molar-refractivity contribution < 1.29 is 26.7 Å². The van der Waals surface area contributed by atoms with E-state index in [0.29, 0.717) is 17.9 Å². The topological polar surface area (TPSA) is 42.4 Å². The minimum Gasteiger partial charge on any atom is -1.00 e. The molecule has 0 amide bonds. The van der Waals surface area contributed by atoms with Crippen LogP contribution in [0.5, 0.6) is 5.75 Å². The minimum absolute atomic E-state index is 0. The van der Waals surface area contributed by atoms with Crippen LogP contribution >= 0.6 is 0 Å². The van der Waals surface area contributed by atoms with E-state index in [-0.39, 0.29) is 18.4 Å². The van der Waals surface area contributed by atoms with E-state index in [4.69, 9.17) is 4.74 Å². The summed E-state index contributed by atoms with van der Waals surface area (Å²) in [5, 5.41) is 12.6. The van der Waals surface area contributed by atoms with E-state index in [0.717, 1.165) is 46.2 Å². The zero-order valence-electron chi connectivity index (χ0n) is 17.0. The van der Waals surface area contributed by atoms with Gasteiger partial charge in [0, 0.05) is 30.3 Å². The first-order chi connectivity index (χ1) is 13.0. The van der Waals surface area contributed by atoms with Crippen LogP contribution in [0.4, 0.5) is 0 Å². The van der Waals surface area contributed by atoms with E-state index in [1.54, 1.807) is 7.11 Å². The number of benzene rings is 1. The third kappa shape index (κ3) is 3.22. The normalized spacial score (nSPS) is 30.1. The number of aliphatic hydroxyl groups is 1. The van der Waals surface area contributed by atoms with Crippen LogP contribution in [0.15, 0.2) is 43.1 Å². The molecule has 0 spiro atoms. The first-order valence-electron chi connectivity index (χ1n) is 10.1. The van der Waals surface area contributed by atoms with Crippen molar-refractivity contribution in [3.8, 4) is 5.75 Å². The van der Waals surface area contributed by atoms with E-state index in [1.807, 2.05) is 30.5 Å². The van der Waals surface area contributed by atoms with Gasteiger partial charge in [-0.3, -0.25) is 4.98 Å². The zero-order valence-corrected chi connectivity index (χ0v) is 17.8. The van der Waals surface area contributed by atoms with Gasteiger partial charge in [0.1, 0.15) is 17.9 Å². The minimum atomic E-state index is -0.501. The Bertz CT molecular complexity index is 856. The Kier molecular flexibility index (Phi) is 6.04. The quantitative estimate of drug-likeness (QED) is 0.601. The number of quaternary nitrogens is 1. The molecule has 2 bridgehead atoms. The molecule has 1 aromatic carbocycles. The first kappa shape index (κ1) is 21.1. The van der Waals surface area contributed by atoms with Crippen molar-refractivity contribution in [2.45, 2.75) is 44.9 Å². The average Bonchev–Trinajstić information content (AvgIpc) is 2.72. The Morgan fingerprint density at radius 3 is 2.79 bits per heavy atom. The molecule has 28 heavy (non-hydrogen) atoms. The molecule has 0 radical (unpaired) electrons. The molecule has 5 heteroatoms. The summed E-state index contributed by atoms with van der Waals surface area (Å²) in [5.74, 6) is 2.01. The average molecular weight is 403 g/mol. The van der Waals surface area contributed by atoms with Crippen LogP contribution < -0.4 is 17.1 Å². The molecule has 3 aliphatic heterocycles. The fourth-order valence-electron chi connectivity index (χ4n) is 5.63. The monoisotopic (exact) mass is 402 g/mol. The predicted octanol–water partition coefficient (Wildman–Crippen LogP) is 1.10. The molecule has 4 nitrogen and oxygen atoms in total. The van der Waals surface area contributed by atoms with E-state index >= 15 is 0 Å². The summed E-state index contributed by atoms with van der Waals surface area (Å²) in [5.41, 5.74) is 1.88. The molecule has 1 N–H and O–H groups in total. The van der Waals surface area contributed by atoms with Gasteiger partial charge in [-0.1, -0.05) is 6.08 Å². The fourth-order valence-corrected chi connectivity index (χ4v) is 5.63. The van der Waals surface area contributed by atoms with Gasteiger partial charge in [0.25, 0.3) is 0 Å². The molecule has 3 aliphatic rings. The molecule has 0 saturated carbocycles. The summed E-state index contributed by atoms with van der Waals surface area (Å²) < 4.78 is 6.40. The van der Waals surface area contributed by atoms with Crippen LogP contribution in [0.1, 0.15) is 38.4 Å². The van der Waals surface area contributed by atoms with Crippen molar-refractivity contribution in [2.75, 3.05) is 20.2 Å². The van der Waals surface area contributed by atoms with Crippen LogP contribution in [-0.2, 0) is 0 Å². The molecule has 3 fully saturated rings. The van der Waals surface area contributed by atoms with Crippen molar-refractivity contribution in [3.63, 3.8) is 0 Å². The second kappa shape index (κ2) is 8.02. The van der Waals surface area contributed by atoms with Crippen molar-refractivity contribution in [1.82, 2.24) is 4.98 Å². The molecule has 3 unspecified atom stereocenters. The number of fused-ring (bicyclic) bond motifs is 4. The maximum Gasteiger partial charge on any atom is 0.131 e. The fraction of sp³-hybridized carbons (Fsp3) is 0.522. The van der Waals surface area contributed by atoms with E-state index in [9.17, 15) is 5.11 Å². The standard InChI is InChI=1S/C23H31N2O2.ClH/c1-5-16-14-25(15(2)3)11-9-17(16)12-22(25)23(26)19-8-10-24-21-7-6-18(27-4)13-20(19)21;/h5-8,10,13,15-17,22-23,26H,1,9,11-12,14H2,2-4H3;1H/q+1;/p-1/t16?,17?,22-,23+,25?;/m1./s1. The largest absolute Gasteiger partial charge is 1.00 e. The number of rotatable bonds is 5. The van der Waals surface area contributed by atoms with Crippen molar-refractivity contribution in [2.24, 2.45) is 11.8 Å². The van der Waals surface area contributed by atoms with Gasteiger partial charge in [0.2, 0.25) is 0 Å². The zero-order chi connectivity index (χ0) is 19.2. The predicted molar refractivity (Wildman–Crippen MR) is 109 cm³/mol. The first-order valence-corrected chi connectivity index (χ1v) is 10.1. The van der Waals surface area contributed by atoms with Gasteiger partial charge in [0.15, 0.2) is 0 Å². The summed E-state index contributed by atoms with van der Waals surface area (Å²) >= 11 is 0. The van der Waals surface area contributed by atoms with Gasteiger partial charge in [0.05, 0.1) is 31.8 Å². The molecule has 0 aliphatic carbocycles. The summed E-state index contributed by atoms with van der Waals surface area (Å²) in [6.45, 7) is 10.9. The Morgan fingerprint density at radius 1 is 1.32 bits per heavy atom. The van der Waals surface area contributed by atoms with E-state index in [1.165, 1.54) is 6.42 Å². The molecule has 1 aromatic heterocycles. The number of piperidine rings is 3. The third-order valence-electron chi connectivity index (χ3n) is 7.27. The number of ether oxygens (including phenoxy) is 1. The van der Waals surface area contributed by atoms with Gasteiger partial charge in [-0.05, 0) is 49.6 Å². The Balaban J connectivity index is 0.00000225. The van der Waals surface area contributed by atoms with Crippen LogP contribution in [0.25, 0.3) is 10.9 Å². The van der Waals surface area contributed by atoms with Crippen molar-refractivity contribution in [1.29, 1.82) is 0 Å². The highest BCUT2D eigenvalue weighted by atomic mass is 35.5. The Labute approximate surface area is 174 Å². The number of methoxy groups -OCH3 is 1. The van der Waals surface area contributed by atoms with Gasteiger partial charge in [-0.15, -0.1) is 6.58 Å². The summed E-state index contributed by atoms with van der Waals surface area (Å²) in [7, 11) is 1.67. The van der Waals surface area contributed by atoms with E-state index in [2.05, 4.69) is 31.5 Å². The van der Waals surface area contributed by atoms with Gasteiger partial charge in [-0.25, -0.2) is 0 Å². The number of hydrogen-bond acceptors (Lipinski definition) is 3. The Morgan fingerprint density at radius 2 is 2.11 bits per heavy atom. The van der Waals surface area contributed by atoms with Crippen molar-refractivity contribution in [3.05, 3.63) is 48.7 Å². The lowest BCUT2D eigenvalue weighted by molar-refractivity contribution is -0.990. The van der Waals surface area contributed by atoms with Gasteiger partial charge in [-0.2, -0.15) is 0 Å². The Hall–Kier alpha value is -1.62. The number of nitrogens with zero attached hydrogens (tertiary/aromatic N) is 2. The molecule has 5 atom stereocenters. The van der Waals surface area contributed by atoms with Crippen LogP contribution in [0.2, 0.25) is 0 Å². The highest BCUT2D eigenvalue weighted by Gasteiger charge is 2.55. The maximum atomic E-state index is 11.6. The van der Waals surface area contributed by atoms with E-state index < -0.39 is 6.10 Å². The van der Waals surface area contributed by atoms with Crippen LogP contribution in [0, 0.1) is 11.8 Å². The summed E-state index contributed by atoms with van der Waals surface area (Å²) in [4.78, 5) is 4.49. The SMILES string of the molecule is C=CC1C[N+]2(C(C)C)CCC1C[C@@H]2[C@@H](O)c1ccnc2ccc(OC)cc12.[Cl-].